The highest BCUT2D eigenvalue weighted by molar-refractivity contribution is 7.86. The van der Waals surface area contributed by atoms with E-state index in [2.05, 4.69) is 17.2 Å². The first-order valence-corrected chi connectivity index (χ1v) is 5.45. The molecule has 0 atom stereocenters. The van der Waals surface area contributed by atoms with E-state index in [1.54, 1.807) is 0 Å². The minimum Gasteiger partial charge on any atom is -0.741 e. The zero-order valence-electron chi connectivity index (χ0n) is 8.79. The molecule has 9 heteroatoms. The quantitative estimate of drug-likeness (QED) is 0.501. The van der Waals surface area contributed by atoms with Crippen LogP contribution in [-0.4, -0.2) is 24.3 Å². The van der Waals surface area contributed by atoms with Gasteiger partial charge in [0.25, 0.3) is 0 Å². The molecule has 94 valence electrons. The van der Waals surface area contributed by atoms with Gasteiger partial charge in [-0.05, 0) is 6.92 Å². The number of hydrogen-bond acceptors (Lipinski definition) is 4. The third-order valence-electron chi connectivity index (χ3n) is 1.62. The number of nitrogens with zero attached hydrogens (tertiary/aromatic N) is 1. The summed E-state index contributed by atoms with van der Waals surface area (Å²) >= 11 is 0. The Morgan fingerprint density at radius 1 is 1.25 bits per heavy atom. The maximum absolute atomic E-state index is 10.7. The van der Waals surface area contributed by atoms with Crippen LogP contribution < -0.4 is 5.32 Å². The fraction of sp³-hybridized carbons (Fsp3) is 0.571. The molecule has 0 unspecified atom stereocenters. The zero-order chi connectivity index (χ0) is 13.1. The summed E-state index contributed by atoms with van der Waals surface area (Å²) in [7, 11) is -6.09. The van der Waals surface area contributed by atoms with Crippen molar-refractivity contribution in [1.82, 2.24) is 0 Å². The monoisotopic (exact) mass is 260 g/mol. The number of quaternary nitrogens is 1. The van der Waals surface area contributed by atoms with E-state index in [0.717, 1.165) is 11.5 Å². The van der Waals surface area contributed by atoms with Crippen LogP contribution in [0.15, 0.2) is 16.4 Å². The number of nitrogens with two attached hydrogens (primary N) is 1. The van der Waals surface area contributed by atoms with Gasteiger partial charge in [0, 0.05) is 13.8 Å². The predicted molar refractivity (Wildman–Crippen MR) is 49.2 cm³/mol. The summed E-state index contributed by atoms with van der Waals surface area (Å²) < 4.78 is 58.9. The molecule has 16 heavy (non-hydrogen) atoms. The highest BCUT2D eigenvalue weighted by atomic mass is 32.2. The maximum atomic E-state index is 10.7. The van der Waals surface area contributed by atoms with E-state index in [4.69, 9.17) is 13.0 Å². The van der Waals surface area contributed by atoms with Crippen LogP contribution in [0, 0.1) is 0 Å². The summed E-state index contributed by atoms with van der Waals surface area (Å²) in [4.78, 5) is 4.21. The van der Waals surface area contributed by atoms with Crippen molar-refractivity contribution in [2.75, 3.05) is 0 Å². The number of hydrogen-bond donors (Lipinski definition) is 1. The minimum absolute atomic E-state index is 1.13. The first-order chi connectivity index (χ1) is 6.95. The molecule has 0 bridgehead atoms. The van der Waals surface area contributed by atoms with E-state index in [9.17, 15) is 13.2 Å². The van der Waals surface area contributed by atoms with Gasteiger partial charge in [-0.15, -0.1) is 0 Å². The molecule has 0 amide bonds. The van der Waals surface area contributed by atoms with Crippen molar-refractivity contribution in [2.45, 2.75) is 26.3 Å². The lowest BCUT2D eigenvalue weighted by Crippen LogP contribution is -2.83. The second-order valence-corrected chi connectivity index (χ2v) is 4.44. The van der Waals surface area contributed by atoms with Gasteiger partial charge < -0.3 is 4.55 Å². The van der Waals surface area contributed by atoms with Gasteiger partial charge in [0.15, 0.2) is 10.1 Å². The number of halogens is 3. The lowest BCUT2D eigenvalue weighted by atomic mass is 10.4. The van der Waals surface area contributed by atoms with E-state index in [-0.39, 0.29) is 0 Å². The molecule has 1 aliphatic heterocycles. The van der Waals surface area contributed by atoms with Gasteiger partial charge in [0.05, 0.1) is 5.70 Å². The number of allylic oxidation sites excluding steroid dienone is 2. The number of alkyl halides is 3. The largest absolute Gasteiger partial charge is 0.741 e. The third-order valence-corrected chi connectivity index (χ3v) is 2.19. The van der Waals surface area contributed by atoms with E-state index in [1.165, 1.54) is 5.70 Å². The second kappa shape index (κ2) is 4.93. The molecule has 0 radical (unpaired) electrons. The summed E-state index contributed by atoms with van der Waals surface area (Å²) in [5.41, 5.74) is -3.20. The van der Waals surface area contributed by atoms with Gasteiger partial charge in [0.1, 0.15) is 5.70 Å². The van der Waals surface area contributed by atoms with E-state index < -0.39 is 15.6 Å². The number of amidine groups is 1. The van der Waals surface area contributed by atoms with Crippen molar-refractivity contribution in [3.63, 3.8) is 0 Å². The maximum Gasteiger partial charge on any atom is 0.485 e. The molecule has 1 aliphatic rings. The van der Waals surface area contributed by atoms with Crippen molar-refractivity contribution in [2.24, 2.45) is 4.99 Å². The van der Waals surface area contributed by atoms with Crippen molar-refractivity contribution in [3.05, 3.63) is 11.4 Å². The van der Waals surface area contributed by atoms with Crippen LogP contribution in [0.2, 0.25) is 0 Å². The lowest BCUT2D eigenvalue weighted by molar-refractivity contribution is -0.480. The smallest absolute Gasteiger partial charge is 0.485 e. The van der Waals surface area contributed by atoms with Gasteiger partial charge >= 0.3 is 5.51 Å². The van der Waals surface area contributed by atoms with Gasteiger partial charge in [-0.1, -0.05) is 0 Å². The zero-order valence-corrected chi connectivity index (χ0v) is 9.61. The Bertz CT molecular complexity index is 423. The predicted octanol–water partition coefficient (Wildman–Crippen LogP) is 0.285. The van der Waals surface area contributed by atoms with E-state index in [0.29, 0.717) is 0 Å². The molecule has 0 aliphatic carbocycles. The molecular formula is C7H11F3N2O3S. The first-order valence-electron chi connectivity index (χ1n) is 4.05. The topological polar surface area (TPSA) is 86.2 Å². The molecule has 0 aromatic carbocycles. The average molecular weight is 260 g/mol. The Labute approximate surface area is 90.8 Å². The Morgan fingerprint density at radius 2 is 1.62 bits per heavy atom. The van der Waals surface area contributed by atoms with Crippen LogP contribution in [0.3, 0.4) is 0 Å². The number of rotatable bonds is 0. The lowest BCUT2D eigenvalue weighted by Gasteiger charge is -2.08. The fourth-order valence-electron chi connectivity index (χ4n) is 0.803. The molecule has 0 saturated carbocycles. The first kappa shape index (κ1) is 15.1. The molecule has 2 N–H and O–H groups in total. The summed E-state index contributed by atoms with van der Waals surface area (Å²) in [6.07, 6.45) is 0. The molecule has 0 aromatic heterocycles. The molecule has 1 heterocycles. The third kappa shape index (κ3) is 4.73. The van der Waals surface area contributed by atoms with Crippen LogP contribution >= 0.6 is 0 Å². The summed E-state index contributed by atoms with van der Waals surface area (Å²) in [5.74, 6) is 1.13. The molecular weight excluding hydrogens is 249 g/mol. The van der Waals surface area contributed by atoms with Crippen molar-refractivity contribution in [1.29, 1.82) is 0 Å². The average Bonchev–Trinajstić information content (AvgIpc) is 2.26. The van der Waals surface area contributed by atoms with Gasteiger partial charge in [0.2, 0.25) is 5.84 Å². The Morgan fingerprint density at radius 3 is 1.69 bits per heavy atom. The summed E-state index contributed by atoms with van der Waals surface area (Å²) in [5, 5.41) is 2.09. The molecule has 0 saturated heterocycles. The highest BCUT2D eigenvalue weighted by Crippen LogP contribution is 2.20. The Hall–Kier alpha value is -0.930. The van der Waals surface area contributed by atoms with Crippen molar-refractivity contribution < 1.29 is 31.5 Å². The SMILES string of the molecule is CC1=NC(C)=C(C)[NH2+]1.O=S(=O)([O-])C(F)(F)F. The van der Waals surface area contributed by atoms with Gasteiger partial charge in [-0.2, -0.15) is 18.2 Å². The summed E-state index contributed by atoms with van der Waals surface area (Å²) in [6, 6.07) is 0. The Kier molecular flexibility index (Phi) is 4.65. The van der Waals surface area contributed by atoms with Crippen LogP contribution in [0.4, 0.5) is 13.2 Å². The number of aliphatic imine (C=N–C) groups is 1. The highest BCUT2D eigenvalue weighted by Gasteiger charge is 2.36. The molecule has 1 rings (SSSR count). The van der Waals surface area contributed by atoms with Crippen molar-refractivity contribution >= 4 is 16.0 Å². The van der Waals surface area contributed by atoms with Crippen LogP contribution in [-0.2, 0) is 10.1 Å². The van der Waals surface area contributed by atoms with Crippen LogP contribution in [0.1, 0.15) is 20.8 Å². The van der Waals surface area contributed by atoms with E-state index >= 15 is 0 Å². The standard InChI is InChI=1S/C6H10N2.CHF3O3S/c1-4-5(2)8-6(3)7-4;2-1(3,4)8(5,6)7/h1-3H3,(H,7,8);(H,5,6,7). The summed E-state index contributed by atoms with van der Waals surface area (Å²) in [6.45, 7) is 6.12. The normalized spacial score (nSPS) is 16.8. The molecule has 0 spiro atoms. The van der Waals surface area contributed by atoms with Gasteiger partial charge in [-0.3, -0.25) is 5.32 Å². The van der Waals surface area contributed by atoms with Gasteiger partial charge in [-0.25, -0.2) is 8.42 Å². The molecule has 0 aromatic rings. The van der Waals surface area contributed by atoms with E-state index in [1.807, 2.05) is 13.8 Å². The van der Waals surface area contributed by atoms with Crippen LogP contribution in [0.5, 0.6) is 0 Å². The minimum atomic E-state index is -6.09. The molecule has 0 fully saturated rings. The fourth-order valence-corrected chi connectivity index (χ4v) is 0.803. The second-order valence-electron chi connectivity index (χ2n) is 3.07. The van der Waals surface area contributed by atoms with Crippen molar-refractivity contribution in [3.8, 4) is 0 Å². The molecule has 5 nitrogen and oxygen atoms in total. The van der Waals surface area contributed by atoms with Crippen LogP contribution in [0.25, 0.3) is 0 Å². The Balaban J connectivity index is 0.000000281.